The molecule has 0 aliphatic rings. The van der Waals surface area contributed by atoms with Crippen molar-refractivity contribution in [2.24, 2.45) is 10.3 Å². The molecule has 8 nitrogen and oxygen atoms in total. The standard InChI is InChI=1S/C23H30N4O4S/c1-17(2)15-25-23(27-32(3,30)31)26-20-10-6-8-18(14-20)21(11-4-5-12-22(28)29)19-9-7-13-24-16-19/h6-11,13-14,16-17H,4-5,12,15H2,1-3H3,(H,28,29)(H2,25,26,27)/b21-11+. The molecule has 1 aromatic carbocycles. The summed E-state index contributed by atoms with van der Waals surface area (Å²) in [5.74, 6) is -0.357. The first kappa shape index (κ1) is 25.1. The van der Waals surface area contributed by atoms with Crippen LogP contribution >= 0.6 is 0 Å². The van der Waals surface area contributed by atoms with Crippen LogP contribution in [0.3, 0.4) is 0 Å². The Bertz CT molecular complexity index is 1060. The van der Waals surface area contributed by atoms with Crippen molar-refractivity contribution in [3.63, 3.8) is 0 Å². The van der Waals surface area contributed by atoms with E-state index in [1.807, 2.05) is 56.3 Å². The van der Waals surface area contributed by atoms with Gasteiger partial charge in [-0.2, -0.15) is 0 Å². The number of aromatic nitrogens is 1. The molecule has 0 saturated carbocycles. The van der Waals surface area contributed by atoms with E-state index in [1.54, 1.807) is 12.4 Å². The molecule has 1 aromatic heterocycles. The van der Waals surface area contributed by atoms with Gasteiger partial charge in [0.2, 0.25) is 5.96 Å². The zero-order valence-corrected chi connectivity index (χ0v) is 19.4. The average molecular weight is 459 g/mol. The summed E-state index contributed by atoms with van der Waals surface area (Å²) < 4.78 is 27.2. The number of guanidine groups is 1. The summed E-state index contributed by atoms with van der Waals surface area (Å²) in [7, 11) is -3.59. The first-order valence-corrected chi connectivity index (χ1v) is 12.2. The largest absolute Gasteiger partial charge is 0.481 e. The quantitative estimate of drug-likeness (QED) is 0.282. The Morgan fingerprint density at radius 1 is 1.22 bits per heavy atom. The van der Waals surface area contributed by atoms with Crippen molar-refractivity contribution in [2.45, 2.75) is 33.1 Å². The van der Waals surface area contributed by atoms with Gasteiger partial charge in [0.1, 0.15) is 0 Å². The van der Waals surface area contributed by atoms with Crippen molar-refractivity contribution in [1.29, 1.82) is 0 Å². The van der Waals surface area contributed by atoms with Crippen molar-refractivity contribution in [3.8, 4) is 0 Å². The summed E-state index contributed by atoms with van der Waals surface area (Å²) in [4.78, 5) is 15.0. The Kier molecular flexibility index (Phi) is 9.39. The number of benzene rings is 1. The van der Waals surface area contributed by atoms with Gasteiger partial charge in [0.15, 0.2) is 0 Å². The van der Waals surface area contributed by atoms with Crippen LogP contribution in [0.5, 0.6) is 0 Å². The summed E-state index contributed by atoms with van der Waals surface area (Å²) in [6, 6.07) is 11.3. The fourth-order valence-electron chi connectivity index (χ4n) is 2.89. The molecular weight excluding hydrogens is 428 g/mol. The van der Waals surface area contributed by atoms with Crippen LogP contribution in [0.4, 0.5) is 5.69 Å². The van der Waals surface area contributed by atoms with Crippen LogP contribution in [0, 0.1) is 5.92 Å². The summed E-state index contributed by atoms with van der Waals surface area (Å²) in [6.07, 6.45) is 7.73. The second-order valence-corrected chi connectivity index (χ2v) is 9.45. The van der Waals surface area contributed by atoms with Gasteiger partial charge in [-0.25, -0.2) is 8.42 Å². The third-order valence-electron chi connectivity index (χ3n) is 4.29. The van der Waals surface area contributed by atoms with Crippen molar-refractivity contribution in [1.82, 2.24) is 10.3 Å². The van der Waals surface area contributed by atoms with Crippen LogP contribution < -0.4 is 10.6 Å². The van der Waals surface area contributed by atoms with E-state index in [4.69, 9.17) is 5.11 Å². The van der Waals surface area contributed by atoms with Gasteiger partial charge in [-0.1, -0.05) is 38.1 Å². The van der Waals surface area contributed by atoms with E-state index in [0.717, 1.165) is 23.0 Å². The molecule has 2 aromatic rings. The van der Waals surface area contributed by atoms with E-state index in [-0.39, 0.29) is 12.4 Å². The maximum absolute atomic E-state index is 11.7. The van der Waals surface area contributed by atoms with Crippen LogP contribution in [0.15, 0.2) is 59.3 Å². The van der Waals surface area contributed by atoms with Crippen LogP contribution in [0.1, 0.15) is 44.2 Å². The van der Waals surface area contributed by atoms with Crippen molar-refractivity contribution in [2.75, 3.05) is 18.1 Å². The lowest BCUT2D eigenvalue weighted by Gasteiger charge is -2.15. The fraction of sp³-hybridized carbons (Fsp3) is 0.348. The SMILES string of the molecule is CC(C)CN/C(=N/S(C)(=O)=O)Nc1cccc(/C(=C\CCCC(=O)O)c2cccnc2)c1. The van der Waals surface area contributed by atoms with Gasteiger partial charge in [-0.15, -0.1) is 4.40 Å². The Labute approximate surface area is 189 Å². The van der Waals surface area contributed by atoms with E-state index in [1.165, 1.54) is 0 Å². The first-order chi connectivity index (χ1) is 15.1. The number of hydrogen-bond donors (Lipinski definition) is 3. The molecule has 0 saturated heterocycles. The third kappa shape index (κ3) is 9.30. The Balaban J connectivity index is 2.34. The maximum atomic E-state index is 11.7. The van der Waals surface area contributed by atoms with Crippen molar-refractivity contribution in [3.05, 3.63) is 66.0 Å². The number of anilines is 1. The van der Waals surface area contributed by atoms with Gasteiger partial charge in [-0.05, 0) is 48.1 Å². The summed E-state index contributed by atoms with van der Waals surface area (Å²) in [5.41, 5.74) is 3.38. The topological polar surface area (TPSA) is 121 Å². The second-order valence-electron chi connectivity index (χ2n) is 7.80. The zero-order chi connectivity index (χ0) is 23.6. The number of nitrogens with zero attached hydrogens (tertiary/aromatic N) is 2. The molecule has 0 aliphatic carbocycles. The average Bonchev–Trinajstić information content (AvgIpc) is 2.71. The zero-order valence-electron chi connectivity index (χ0n) is 18.6. The molecule has 0 unspecified atom stereocenters. The molecule has 32 heavy (non-hydrogen) atoms. The van der Waals surface area contributed by atoms with Crippen molar-refractivity contribution < 1.29 is 18.3 Å². The third-order valence-corrected chi connectivity index (χ3v) is 4.80. The number of sulfonamides is 1. The number of carbonyl (C=O) groups is 1. The lowest BCUT2D eigenvalue weighted by molar-refractivity contribution is -0.137. The number of unbranched alkanes of at least 4 members (excludes halogenated alkanes) is 1. The molecule has 0 bridgehead atoms. The molecule has 0 spiro atoms. The molecule has 0 radical (unpaired) electrons. The minimum Gasteiger partial charge on any atom is -0.481 e. The molecule has 172 valence electrons. The predicted octanol–water partition coefficient (Wildman–Crippen LogP) is 3.74. The number of nitrogens with one attached hydrogen (secondary N) is 2. The van der Waals surface area contributed by atoms with Gasteiger partial charge >= 0.3 is 5.97 Å². The smallest absolute Gasteiger partial charge is 0.303 e. The Morgan fingerprint density at radius 2 is 1.97 bits per heavy atom. The molecule has 2 rings (SSSR count). The second kappa shape index (κ2) is 12.0. The van der Waals surface area contributed by atoms with Gasteiger partial charge in [-0.3, -0.25) is 9.78 Å². The molecule has 9 heteroatoms. The van der Waals surface area contributed by atoms with Gasteiger partial charge < -0.3 is 15.7 Å². The van der Waals surface area contributed by atoms with E-state index >= 15 is 0 Å². The molecule has 1 heterocycles. The molecule has 0 aliphatic heterocycles. The summed E-state index contributed by atoms with van der Waals surface area (Å²) in [5, 5.41) is 15.0. The maximum Gasteiger partial charge on any atom is 0.303 e. The number of allylic oxidation sites excluding steroid dienone is 1. The van der Waals surface area contributed by atoms with Gasteiger partial charge in [0.25, 0.3) is 10.0 Å². The van der Waals surface area contributed by atoms with Crippen LogP contribution in [0.25, 0.3) is 5.57 Å². The van der Waals surface area contributed by atoms with Crippen LogP contribution in [0.2, 0.25) is 0 Å². The molecule has 0 fully saturated rings. The minimum atomic E-state index is -3.59. The summed E-state index contributed by atoms with van der Waals surface area (Å²) >= 11 is 0. The van der Waals surface area contributed by atoms with Crippen molar-refractivity contribution >= 4 is 33.2 Å². The van der Waals surface area contributed by atoms with E-state index < -0.39 is 16.0 Å². The summed E-state index contributed by atoms with van der Waals surface area (Å²) in [6.45, 7) is 4.59. The highest BCUT2D eigenvalue weighted by atomic mass is 32.2. The van der Waals surface area contributed by atoms with Gasteiger partial charge in [0, 0.05) is 36.6 Å². The number of carboxylic acid groups (broad SMARTS) is 1. The molecule has 0 atom stereocenters. The predicted molar refractivity (Wildman–Crippen MR) is 128 cm³/mol. The number of hydrogen-bond acceptors (Lipinski definition) is 4. The molecular formula is C23H30N4O4S. The van der Waals surface area contributed by atoms with E-state index in [9.17, 15) is 13.2 Å². The molecule has 3 N–H and O–H groups in total. The monoisotopic (exact) mass is 458 g/mol. The highest BCUT2D eigenvalue weighted by Crippen LogP contribution is 2.26. The van der Waals surface area contributed by atoms with Gasteiger partial charge in [0.05, 0.1) is 6.26 Å². The highest BCUT2D eigenvalue weighted by Gasteiger charge is 2.10. The lowest BCUT2D eigenvalue weighted by atomic mass is 9.97. The Hall–Kier alpha value is -3.20. The normalized spacial score (nSPS) is 12.6. The lowest BCUT2D eigenvalue weighted by Crippen LogP contribution is -2.34. The number of rotatable bonds is 10. The number of pyridine rings is 1. The fourth-order valence-corrected chi connectivity index (χ4v) is 3.33. The number of carboxylic acids is 1. The van der Waals surface area contributed by atoms with E-state index in [0.29, 0.717) is 31.0 Å². The van der Waals surface area contributed by atoms with Crippen LogP contribution in [-0.2, 0) is 14.8 Å². The Morgan fingerprint density at radius 3 is 2.59 bits per heavy atom. The minimum absolute atomic E-state index is 0.102. The first-order valence-electron chi connectivity index (χ1n) is 10.4. The highest BCUT2D eigenvalue weighted by molar-refractivity contribution is 7.89. The van der Waals surface area contributed by atoms with Crippen LogP contribution in [-0.4, -0.2) is 43.2 Å². The molecule has 0 amide bonds. The van der Waals surface area contributed by atoms with E-state index in [2.05, 4.69) is 20.0 Å². The number of aliphatic carboxylic acids is 1.